The van der Waals surface area contributed by atoms with Gasteiger partial charge in [-0.1, -0.05) is 43.7 Å². The van der Waals surface area contributed by atoms with Crippen molar-refractivity contribution in [3.8, 4) is 0 Å². The van der Waals surface area contributed by atoms with Gasteiger partial charge in [0.15, 0.2) is 5.82 Å². The van der Waals surface area contributed by atoms with Crippen molar-refractivity contribution >= 4 is 5.91 Å². The van der Waals surface area contributed by atoms with Crippen LogP contribution in [0.3, 0.4) is 0 Å². The van der Waals surface area contributed by atoms with Crippen LogP contribution in [0.5, 0.6) is 0 Å². The van der Waals surface area contributed by atoms with Gasteiger partial charge >= 0.3 is 0 Å². The molecule has 0 aromatic carbocycles. The van der Waals surface area contributed by atoms with Gasteiger partial charge in [0.25, 0.3) is 0 Å². The highest BCUT2D eigenvalue weighted by molar-refractivity contribution is 5.74. The molecule has 0 spiro atoms. The Morgan fingerprint density at radius 1 is 1.30 bits per heavy atom. The smallest absolute Gasteiger partial charge is 0.243 e. The van der Waals surface area contributed by atoms with Crippen LogP contribution in [-0.2, 0) is 17.6 Å². The Hall–Kier alpha value is -1.43. The Balaban J connectivity index is 1.65. The summed E-state index contributed by atoms with van der Waals surface area (Å²) in [6.45, 7) is 0. The molecule has 0 saturated heterocycles. The lowest BCUT2D eigenvalue weighted by molar-refractivity contribution is -0.129. The normalized spacial score (nSPS) is 16.2. The van der Waals surface area contributed by atoms with Gasteiger partial charge in [-0.2, -0.15) is 4.98 Å². The van der Waals surface area contributed by atoms with Crippen LogP contribution in [0.4, 0.5) is 0 Å². The van der Waals surface area contributed by atoms with E-state index in [1.165, 1.54) is 38.5 Å². The van der Waals surface area contributed by atoms with E-state index in [1.54, 1.807) is 5.48 Å². The quantitative estimate of drug-likeness (QED) is 0.592. The molecule has 112 valence electrons. The lowest BCUT2D eigenvalue weighted by atomic mass is 9.86. The van der Waals surface area contributed by atoms with E-state index in [2.05, 4.69) is 10.1 Å². The third-order valence-electron chi connectivity index (χ3n) is 3.94. The van der Waals surface area contributed by atoms with E-state index in [4.69, 9.17) is 9.73 Å². The predicted molar refractivity (Wildman–Crippen MR) is 72.1 cm³/mol. The molecule has 2 N–H and O–H groups in total. The van der Waals surface area contributed by atoms with Crippen LogP contribution in [0.2, 0.25) is 0 Å². The molecule has 20 heavy (non-hydrogen) atoms. The second kappa shape index (κ2) is 7.99. The van der Waals surface area contributed by atoms with Crippen molar-refractivity contribution in [2.45, 2.75) is 64.2 Å². The fourth-order valence-electron chi connectivity index (χ4n) is 2.79. The Morgan fingerprint density at radius 2 is 2.10 bits per heavy atom. The van der Waals surface area contributed by atoms with Crippen molar-refractivity contribution in [2.24, 2.45) is 5.92 Å². The molecule has 1 aliphatic rings. The van der Waals surface area contributed by atoms with E-state index in [0.717, 1.165) is 24.6 Å². The fraction of sp³-hybridized carbons (Fsp3) is 0.786. The Labute approximate surface area is 118 Å². The van der Waals surface area contributed by atoms with Crippen molar-refractivity contribution in [3.05, 3.63) is 11.7 Å². The van der Waals surface area contributed by atoms with E-state index in [-0.39, 0.29) is 6.42 Å². The van der Waals surface area contributed by atoms with Gasteiger partial charge in [0.2, 0.25) is 11.8 Å². The fourth-order valence-corrected chi connectivity index (χ4v) is 2.79. The van der Waals surface area contributed by atoms with Crippen molar-refractivity contribution < 1.29 is 14.5 Å². The number of hydrogen-bond acceptors (Lipinski definition) is 5. The van der Waals surface area contributed by atoms with Crippen molar-refractivity contribution in [2.75, 3.05) is 0 Å². The zero-order valence-corrected chi connectivity index (χ0v) is 11.8. The molecule has 1 aromatic heterocycles. The topological polar surface area (TPSA) is 88.2 Å². The molecule has 1 heterocycles. The molecule has 1 saturated carbocycles. The maximum absolute atomic E-state index is 10.9. The average molecular weight is 281 g/mol. The van der Waals surface area contributed by atoms with Gasteiger partial charge in [-0.05, 0) is 12.3 Å². The highest BCUT2D eigenvalue weighted by Gasteiger charge is 2.14. The van der Waals surface area contributed by atoms with Crippen molar-refractivity contribution in [1.82, 2.24) is 15.6 Å². The third kappa shape index (κ3) is 4.92. The maximum Gasteiger partial charge on any atom is 0.243 e. The highest BCUT2D eigenvalue weighted by Crippen LogP contribution is 2.27. The molecule has 0 unspecified atom stereocenters. The van der Waals surface area contributed by atoms with Crippen molar-refractivity contribution in [3.63, 3.8) is 0 Å². The second-order valence-corrected chi connectivity index (χ2v) is 5.54. The number of amides is 1. The van der Waals surface area contributed by atoms with Crippen LogP contribution in [0.25, 0.3) is 0 Å². The Morgan fingerprint density at radius 3 is 2.85 bits per heavy atom. The Kier molecular flexibility index (Phi) is 5.98. The third-order valence-corrected chi connectivity index (χ3v) is 3.94. The molecule has 1 amide bonds. The summed E-state index contributed by atoms with van der Waals surface area (Å²) in [6, 6.07) is 0. The van der Waals surface area contributed by atoms with E-state index in [1.807, 2.05) is 0 Å². The molecule has 1 fully saturated rings. The molecule has 0 atom stereocenters. The number of carbonyl (C=O) groups excluding carboxylic acids is 1. The van der Waals surface area contributed by atoms with Gasteiger partial charge in [-0.3, -0.25) is 10.0 Å². The first-order valence-electron chi connectivity index (χ1n) is 7.52. The van der Waals surface area contributed by atoms with E-state index in [9.17, 15) is 4.79 Å². The zero-order chi connectivity index (χ0) is 14.2. The summed E-state index contributed by atoms with van der Waals surface area (Å²) in [4.78, 5) is 15.1. The number of hydrogen-bond donors (Lipinski definition) is 2. The molecule has 1 aromatic rings. The summed E-state index contributed by atoms with van der Waals surface area (Å²) < 4.78 is 5.08. The molecule has 6 nitrogen and oxygen atoms in total. The monoisotopic (exact) mass is 281 g/mol. The first-order chi connectivity index (χ1) is 9.78. The highest BCUT2D eigenvalue weighted by atomic mass is 16.5. The number of carbonyl (C=O) groups is 1. The van der Waals surface area contributed by atoms with E-state index < -0.39 is 5.91 Å². The first kappa shape index (κ1) is 15.0. The zero-order valence-electron chi connectivity index (χ0n) is 11.8. The summed E-state index contributed by atoms with van der Waals surface area (Å²) >= 11 is 0. The van der Waals surface area contributed by atoms with Gasteiger partial charge in [0.05, 0.1) is 0 Å². The summed E-state index contributed by atoms with van der Waals surface area (Å²) in [6.07, 6.45) is 10.6. The largest absolute Gasteiger partial charge is 0.339 e. The Bertz CT molecular complexity index is 414. The molecule has 6 heteroatoms. The molecule has 0 radical (unpaired) electrons. The minimum Gasteiger partial charge on any atom is -0.339 e. The van der Waals surface area contributed by atoms with Gasteiger partial charge in [-0.15, -0.1) is 0 Å². The maximum atomic E-state index is 10.9. The summed E-state index contributed by atoms with van der Waals surface area (Å²) in [7, 11) is 0. The van der Waals surface area contributed by atoms with Crippen LogP contribution in [-0.4, -0.2) is 21.3 Å². The van der Waals surface area contributed by atoms with Crippen LogP contribution in [0.1, 0.15) is 63.1 Å². The van der Waals surface area contributed by atoms with E-state index >= 15 is 0 Å². The lowest BCUT2D eigenvalue weighted by Crippen LogP contribution is -2.18. The molecular weight excluding hydrogens is 258 g/mol. The van der Waals surface area contributed by atoms with Gasteiger partial charge in [0, 0.05) is 19.3 Å². The van der Waals surface area contributed by atoms with Crippen molar-refractivity contribution in [1.29, 1.82) is 0 Å². The molecule has 1 aliphatic carbocycles. The van der Waals surface area contributed by atoms with Crippen LogP contribution < -0.4 is 5.48 Å². The summed E-state index contributed by atoms with van der Waals surface area (Å²) in [5, 5.41) is 12.3. The number of hydroxylamine groups is 1. The molecular formula is C14H23N3O3. The van der Waals surface area contributed by atoms with Crippen LogP contribution >= 0.6 is 0 Å². The van der Waals surface area contributed by atoms with Crippen LogP contribution in [0.15, 0.2) is 4.52 Å². The summed E-state index contributed by atoms with van der Waals surface area (Å²) in [5.41, 5.74) is 1.58. The van der Waals surface area contributed by atoms with E-state index in [0.29, 0.717) is 12.3 Å². The van der Waals surface area contributed by atoms with Crippen LogP contribution in [0, 0.1) is 5.92 Å². The van der Waals surface area contributed by atoms with Gasteiger partial charge in [-0.25, -0.2) is 5.48 Å². The minimum atomic E-state index is -0.443. The molecule has 0 aliphatic heterocycles. The predicted octanol–water partition coefficient (Wildman–Crippen LogP) is 2.41. The number of aromatic nitrogens is 2. The summed E-state index contributed by atoms with van der Waals surface area (Å²) in [5.74, 6) is 1.62. The van der Waals surface area contributed by atoms with Gasteiger partial charge in [0.1, 0.15) is 0 Å². The number of nitrogens with one attached hydrogen (secondary N) is 1. The average Bonchev–Trinajstić information content (AvgIpc) is 2.94. The standard InChI is InChI=1S/C14H23N3O3/c18-13(16-19)9-10-14-15-12(17-20-14)8-4-7-11-5-2-1-3-6-11/h11,19H,1-10H2,(H,16,18). The second-order valence-electron chi connectivity index (χ2n) is 5.54. The first-order valence-corrected chi connectivity index (χ1v) is 7.52. The number of nitrogens with zero attached hydrogens (tertiary/aromatic N) is 2. The number of rotatable bonds is 7. The number of aryl methyl sites for hydroxylation is 2. The SMILES string of the molecule is O=C(CCc1nc(CCCC2CCCCC2)no1)NO. The molecule has 0 bridgehead atoms. The minimum absolute atomic E-state index is 0.153. The molecule has 2 rings (SSSR count). The van der Waals surface area contributed by atoms with Gasteiger partial charge < -0.3 is 4.52 Å². The lowest BCUT2D eigenvalue weighted by Gasteiger charge is -2.20.